The highest BCUT2D eigenvalue weighted by Crippen LogP contribution is 2.37. The highest BCUT2D eigenvalue weighted by molar-refractivity contribution is 7.99. The Hall–Kier alpha value is -4.23. The van der Waals surface area contributed by atoms with Crippen molar-refractivity contribution in [2.75, 3.05) is 0 Å². The fourth-order valence-electron chi connectivity index (χ4n) is 4.89. The van der Waals surface area contributed by atoms with Crippen molar-refractivity contribution in [3.63, 3.8) is 0 Å². The SMILES string of the molecule is CC(C)C.Cc1ccc(C(C)(C)c2ccc(Oc3ccc(Sc4ccc(O)cc4)cc3)c(CC(=O)OC3CCC(=O)N3)c2)cc1C. The molecule has 0 radical (unpaired) electrons. The molecule has 1 unspecified atom stereocenters. The zero-order chi connectivity index (χ0) is 33.4. The summed E-state index contributed by atoms with van der Waals surface area (Å²) in [5.41, 5.74) is 5.10. The van der Waals surface area contributed by atoms with Crippen molar-refractivity contribution in [2.45, 2.75) is 89.2 Å². The van der Waals surface area contributed by atoms with Crippen LogP contribution in [0.15, 0.2) is 94.7 Å². The minimum atomic E-state index is -0.594. The number of phenolic OH excluding ortho intramolecular Hbond substituents is 1. The lowest BCUT2D eigenvalue weighted by Crippen LogP contribution is -2.30. The number of aryl methyl sites for hydroxylation is 2. The van der Waals surface area contributed by atoms with Crippen molar-refractivity contribution < 1.29 is 24.2 Å². The molecule has 46 heavy (non-hydrogen) atoms. The number of benzene rings is 4. The first-order valence-corrected chi connectivity index (χ1v) is 16.6. The van der Waals surface area contributed by atoms with E-state index < -0.39 is 12.2 Å². The first-order valence-electron chi connectivity index (χ1n) is 15.7. The Labute approximate surface area is 277 Å². The van der Waals surface area contributed by atoms with Gasteiger partial charge in [0.05, 0.1) is 6.42 Å². The maximum Gasteiger partial charge on any atom is 0.312 e. The molecule has 6 nitrogen and oxygen atoms in total. The molecular formula is C39H45NO5S. The second-order valence-corrected chi connectivity index (χ2v) is 14.1. The molecule has 0 aliphatic carbocycles. The van der Waals surface area contributed by atoms with Crippen LogP contribution >= 0.6 is 11.8 Å². The molecule has 0 spiro atoms. The summed E-state index contributed by atoms with van der Waals surface area (Å²) >= 11 is 1.58. The number of amides is 1. The number of phenols is 1. The molecule has 1 heterocycles. The highest BCUT2D eigenvalue weighted by atomic mass is 32.2. The van der Waals surface area contributed by atoms with Crippen LogP contribution in [-0.4, -0.2) is 23.2 Å². The lowest BCUT2D eigenvalue weighted by molar-refractivity contribution is -0.149. The predicted octanol–water partition coefficient (Wildman–Crippen LogP) is 9.26. The van der Waals surface area contributed by atoms with Crippen LogP contribution in [-0.2, 0) is 26.2 Å². The number of esters is 1. The summed E-state index contributed by atoms with van der Waals surface area (Å²) in [6.45, 7) is 15.1. The molecule has 1 atom stereocenters. The molecule has 4 aromatic carbocycles. The van der Waals surface area contributed by atoms with Crippen molar-refractivity contribution in [3.05, 3.63) is 113 Å². The number of rotatable bonds is 9. The molecule has 5 rings (SSSR count). The second kappa shape index (κ2) is 15.4. The van der Waals surface area contributed by atoms with Gasteiger partial charge in [-0.2, -0.15) is 0 Å². The minimum absolute atomic E-state index is 0.00728. The maximum absolute atomic E-state index is 13.0. The van der Waals surface area contributed by atoms with Gasteiger partial charge >= 0.3 is 5.97 Å². The zero-order valence-corrected chi connectivity index (χ0v) is 28.7. The average Bonchev–Trinajstić information content (AvgIpc) is 3.41. The summed E-state index contributed by atoms with van der Waals surface area (Å²) in [5, 5.41) is 12.2. The van der Waals surface area contributed by atoms with Crippen LogP contribution in [0.25, 0.3) is 0 Å². The summed E-state index contributed by atoms with van der Waals surface area (Å²) in [6.07, 6.45) is 0.242. The number of carbonyl (C=O) groups is 2. The Balaban J connectivity index is 0.00000113. The van der Waals surface area contributed by atoms with E-state index in [1.165, 1.54) is 16.7 Å². The van der Waals surface area contributed by atoms with Gasteiger partial charge in [-0.15, -0.1) is 0 Å². The lowest BCUT2D eigenvalue weighted by atomic mass is 9.76. The van der Waals surface area contributed by atoms with Crippen LogP contribution in [0.1, 0.15) is 75.3 Å². The Morgan fingerprint density at radius 1 is 0.891 bits per heavy atom. The monoisotopic (exact) mass is 639 g/mol. The number of hydrogen-bond donors (Lipinski definition) is 2. The van der Waals surface area contributed by atoms with Crippen molar-refractivity contribution in [1.29, 1.82) is 0 Å². The van der Waals surface area contributed by atoms with Gasteiger partial charge in [-0.3, -0.25) is 9.59 Å². The molecule has 1 saturated heterocycles. The molecule has 1 amide bonds. The standard InChI is InChI=1S/C35H35NO5S.C4H10/c1-22-5-6-25(19-23(22)2)35(3,4)26-7-16-31(24(20-26)21-34(39)41-33-18-17-32(38)36-33)40-28-10-14-30(15-11-28)42-29-12-8-27(37)9-13-29;1-4(2)3/h5-16,19-20,33,37H,17-18,21H2,1-4H3,(H,36,38);4H,1-3H3. The van der Waals surface area contributed by atoms with E-state index in [0.29, 0.717) is 29.9 Å². The number of ether oxygens (including phenoxy) is 2. The van der Waals surface area contributed by atoms with Crippen molar-refractivity contribution >= 4 is 23.6 Å². The summed E-state index contributed by atoms with van der Waals surface area (Å²) in [6, 6.07) is 27.3. The van der Waals surface area contributed by atoms with Gasteiger partial charge in [0.2, 0.25) is 5.91 Å². The normalized spacial score (nSPS) is 14.3. The zero-order valence-electron chi connectivity index (χ0n) is 27.8. The fourth-order valence-corrected chi connectivity index (χ4v) is 5.70. The molecule has 0 saturated carbocycles. The van der Waals surface area contributed by atoms with Crippen LogP contribution in [0.4, 0.5) is 0 Å². The van der Waals surface area contributed by atoms with E-state index in [1.54, 1.807) is 23.9 Å². The van der Waals surface area contributed by atoms with Crippen LogP contribution in [0.5, 0.6) is 17.2 Å². The van der Waals surface area contributed by atoms with Crippen LogP contribution in [0.2, 0.25) is 0 Å². The van der Waals surface area contributed by atoms with Gasteiger partial charge in [-0.25, -0.2) is 0 Å². The van der Waals surface area contributed by atoms with E-state index in [4.69, 9.17) is 9.47 Å². The molecule has 1 aliphatic rings. The van der Waals surface area contributed by atoms with E-state index >= 15 is 0 Å². The Kier molecular flexibility index (Phi) is 11.6. The van der Waals surface area contributed by atoms with Crippen LogP contribution in [0.3, 0.4) is 0 Å². The molecule has 1 fully saturated rings. The van der Waals surface area contributed by atoms with Crippen molar-refractivity contribution in [1.82, 2.24) is 5.32 Å². The van der Waals surface area contributed by atoms with E-state index in [9.17, 15) is 14.7 Å². The third kappa shape index (κ3) is 9.63. The quantitative estimate of drug-likeness (QED) is 0.178. The number of aromatic hydroxyl groups is 1. The molecule has 7 heteroatoms. The minimum Gasteiger partial charge on any atom is -0.508 e. The Morgan fingerprint density at radius 2 is 1.48 bits per heavy atom. The molecule has 0 bridgehead atoms. The van der Waals surface area contributed by atoms with Crippen molar-refractivity contribution in [3.8, 4) is 17.2 Å². The summed E-state index contributed by atoms with van der Waals surface area (Å²) in [7, 11) is 0. The van der Waals surface area contributed by atoms with Gasteiger partial charge in [0.1, 0.15) is 17.2 Å². The number of hydrogen-bond acceptors (Lipinski definition) is 6. The van der Waals surface area contributed by atoms with Gasteiger partial charge < -0.3 is 19.9 Å². The highest BCUT2D eigenvalue weighted by Gasteiger charge is 2.27. The summed E-state index contributed by atoms with van der Waals surface area (Å²) < 4.78 is 11.9. The fraction of sp³-hybridized carbons (Fsp3) is 0.333. The number of nitrogens with one attached hydrogen (secondary N) is 1. The van der Waals surface area contributed by atoms with Gasteiger partial charge in [-0.05, 0) is 96.6 Å². The largest absolute Gasteiger partial charge is 0.508 e. The molecule has 0 aromatic heterocycles. The number of carbonyl (C=O) groups excluding carboxylic acids is 2. The summed E-state index contributed by atoms with van der Waals surface area (Å²) in [5.74, 6) is 1.75. The molecular weight excluding hydrogens is 594 g/mol. The van der Waals surface area contributed by atoms with Crippen LogP contribution < -0.4 is 10.1 Å². The first kappa shape index (κ1) is 34.6. The molecule has 4 aromatic rings. The van der Waals surface area contributed by atoms with E-state index in [0.717, 1.165) is 21.3 Å². The van der Waals surface area contributed by atoms with Gasteiger partial charge in [0.15, 0.2) is 6.23 Å². The van der Waals surface area contributed by atoms with Gasteiger partial charge in [0, 0.05) is 33.6 Å². The molecule has 1 aliphatic heterocycles. The third-order valence-corrected chi connectivity index (χ3v) is 8.71. The summed E-state index contributed by atoms with van der Waals surface area (Å²) in [4.78, 5) is 26.6. The maximum atomic E-state index is 13.0. The Bertz CT molecular complexity index is 1640. The van der Waals surface area contributed by atoms with E-state index in [-0.39, 0.29) is 23.5 Å². The topological polar surface area (TPSA) is 84.9 Å². The van der Waals surface area contributed by atoms with Gasteiger partial charge in [0.25, 0.3) is 0 Å². The van der Waals surface area contributed by atoms with Crippen molar-refractivity contribution in [2.24, 2.45) is 5.92 Å². The second-order valence-electron chi connectivity index (χ2n) is 12.9. The molecule has 242 valence electrons. The third-order valence-electron chi connectivity index (χ3n) is 7.70. The molecule has 2 N–H and O–H groups in total. The average molecular weight is 640 g/mol. The first-order chi connectivity index (χ1) is 21.8. The predicted molar refractivity (Wildman–Crippen MR) is 185 cm³/mol. The van der Waals surface area contributed by atoms with Crippen LogP contribution in [0, 0.1) is 19.8 Å². The lowest BCUT2D eigenvalue weighted by Gasteiger charge is -2.28. The van der Waals surface area contributed by atoms with E-state index in [2.05, 4.69) is 72.0 Å². The Morgan fingerprint density at radius 3 is 2.07 bits per heavy atom. The van der Waals surface area contributed by atoms with E-state index in [1.807, 2.05) is 54.6 Å². The van der Waals surface area contributed by atoms with Gasteiger partial charge in [-0.1, -0.05) is 76.7 Å². The smallest absolute Gasteiger partial charge is 0.312 e.